The van der Waals surface area contributed by atoms with E-state index in [1.165, 1.54) is 17.9 Å². The van der Waals surface area contributed by atoms with Crippen LogP contribution in [0.3, 0.4) is 0 Å². The number of benzene rings is 2. The van der Waals surface area contributed by atoms with E-state index in [9.17, 15) is 4.39 Å². The molecule has 7 heteroatoms. The molecule has 2 unspecified atom stereocenters. The fourth-order valence-corrected chi connectivity index (χ4v) is 5.06. The number of aromatic nitrogens is 3. The van der Waals surface area contributed by atoms with Gasteiger partial charge in [0.05, 0.1) is 11.2 Å². The SMILES string of the molecule is CN1CC2CC1CN2c1nn(-c2ccnc(NCc3ccccc3F)c2)c2ccccc12. The maximum Gasteiger partial charge on any atom is 0.159 e. The molecule has 0 amide bonds. The molecule has 32 heavy (non-hydrogen) atoms. The molecule has 6 rings (SSSR count). The number of nitrogens with zero attached hydrogens (tertiary/aromatic N) is 5. The molecule has 2 saturated heterocycles. The van der Waals surface area contributed by atoms with Crippen LogP contribution in [0.2, 0.25) is 0 Å². The van der Waals surface area contributed by atoms with Crippen LogP contribution in [0, 0.1) is 5.82 Å². The third-order valence-corrected chi connectivity index (χ3v) is 6.76. The molecule has 2 aromatic carbocycles. The van der Waals surface area contributed by atoms with Crippen LogP contribution < -0.4 is 10.2 Å². The highest BCUT2D eigenvalue weighted by molar-refractivity contribution is 5.92. The monoisotopic (exact) mass is 428 g/mol. The summed E-state index contributed by atoms with van der Waals surface area (Å²) in [5.74, 6) is 1.53. The zero-order valence-electron chi connectivity index (χ0n) is 17.9. The Morgan fingerprint density at radius 1 is 1.03 bits per heavy atom. The molecule has 4 heterocycles. The summed E-state index contributed by atoms with van der Waals surface area (Å²) in [6, 6.07) is 20.2. The van der Waals surface area contributed by atoms with Crippen LogP contribution in [-0.2, 0) is 6.54 Å². The maximum absolute atomic E-state index is 14.0. The van der Waals surface area contributed by atoms with Gasteiger partial charge in [0.15, 0.2) is 5.82 Å². The number of piperazine rings is 1. The molecule has 2 aromatic heterocycles. The summed E-state index contributed by atoms with van der Waals surface area (Å²) in [5.41, 5.74) is 2.62. The second-order valence-corrected chi connectivity index (χ2v) is 8.73. The van der Waals surface area contributed by atoms with Gasteiger partial charge < -0.3 is 10.2 Å². The minimum Gasteiger partial charge on any atom is -0.366 e. The Morgan fingerprint density at radius 3 is 2.69 bits per heavy atom. The number of nitrogens with one attached hydrogen (secondary N) is 1. The van der Waals surface area contributed by atoms with Crippen LogP contribution in [0.5, 0.6) is 0 Å². The minimum atomic E-state index is -0.218. The molecule has 1 N–H and O–H groups in total. The third-order valence-electron chi connectivity index (χ3n) is 6.76. The summed E-state index contributed by atoms with van der Waals surface area (Å²) in [7, 11) is 2.21. The van der Waals surface area contributed by atoms with E-state index in [1.807, 2.05) is 28.9 Å². The highest BCUT2D eigenvalue weighted by atomic mass is 19.1. The first-order valence-corrected chi connectivity index (χ1v) is 11.1. The van der Waals surface area contributed by atoms with Crippen molar-refractivity contribution in [2.75, 3.05) is 30.4 Å². The lowest BCUT2D eigenvalue weighted by Crippen LogP contribution is -2.44. The van der Waals surface area contributed by atoms with Crippen LogP contribution in [0.1, 0.15) is 12.0 Å². The molecular formula is C25H25FN6. The number of anilines is 2. The Bertz CT molecular complexity index is 1280. The number of rotatable bonds is 5. The normalized spacial score (nSPS) is 20.4. The van der Waals surface area contributed by atoms with Crippen molar-refractivity contribution in [3.63, 3.8) is 0 Å². The predicted octanol–water partition coefficient (Wildman–Crippen LogP) is 4.06. The first-order valence-electron chi connectivity index (χ1n) is 11.1. The number of fused-ring (bicyclic) bond motifs is 3. The van der Waals surface area contributed by atoms with Crippen LogP contribution in [0.4, 0.5) is 16.0 Å². The standard InChI is InChI=1S/C25H25FN6/c1-30-15-20-12-19(30)16-31(20)25-21-7-3-5-9-23(21)32(29-25)18-10-11-27-24(13-18)28-14-17-6-2-4-8-22(17)26/h2-11,13,19-20H,12,14-16H2,1H3,(H,27,28). The number of para-hydroxylation sites is 1. The van der Waals surface area contributed by atoms with E-state index in [4.69, 9.17) is 5.10 Å². The fraction of sp³-hybridized carbons (Fsp3) is 0.280. The van der Waals surface area contributed by atoms with Crippen molar-refractivity contribution in [3.8, 4) is 5.69 Å². The van der Waals surface area contributed by atoms with Gasteiger partial charge in [-0.15, -0.1) is 5.10 Å². The quantitative estimate of drug-likeness (QED) is 0.519. The van der Waals surface area contributed by atoms with Gasteiger partial charge in [-0.1, -0.05) is 30.3 Å². The number of likely N-dealkylation sites (N-methyl/N-ethyl adjacent to an activating group) is 1. The summed E-state index contributed by atoms with van der Waals surface area (Å²) in [6.07, 6.45) is 2.97. The van der Waals surface area contributed by atoms with E-state index < -0.39 is 0 Å². The van der Waals surface area contributed by atoms with E-state index in [-0.39, 0.29) is 5.82 Å². The van der Waals surface area contributed by atoms with Gasteiger partial charge >= 0.3 is 0 Å². The average molecular weight is 429 g/mol. The Hall–Kier alpha value is -3.45. The molecule has 0 aliphatic carbocycles. The molecule has 4 aromatic rings. The molecule has 0 radical (unpaired) electrons. The van der Waals surface area contributed by atoms with Crippen molar-refractivity contribution in [3.05, 3.63) is 78.2 Å². The van der Waals surface area contributed by atoms with E-state index in [2.05, 4.69) is 45.3 Å². The zero-order chi connectivity index (χ0) is 21.7. The van der Waals surface area contributed by atoms with Gasteiger partial charge in [-0.25, -0.2) is 14.1 Å². The summed E-state index contributed by atoms with van der Waals surface area (Å²) in [5, 5.41) is 9.48. The second-order valence-electron chi connectivity index (χ2n) is 8.73. The average Bonchev–Trinajstić information content (AvgIpc) is 3.50. The van der Waals surface area contributed by atoms with E-state index in [0.29, 0.717) is 30.0 Å². The van der Waals surface area contributed by atoms with Gasteiger partial charge in [0.25, 0.3) is 0 Å². The highest BCUT2D eigenvalue weighted by Crippen LogP contribution is 2.37. The molecule has 2 aliphatic heterocycles. The van der Waals surface area contributed by atoms with Gasteiger partial charge in [-0.3, -0.25) is 4.90 Å². The Labute approximate surface area is 186 Å². The van der Waals surface area contributed by atoms with Gasteiger partial charge in [-0.2, -0.15) is 0 Å². The van der Waals surface area contributed by atoms with Crippen molar-refractivity contribution >= 4 is 22.5 Å². The summed E-state index contributed by atoms with van der Waals surface area (Å²) < 4.78 is 16.0. The van der Waals surface area contributed by atoms with Crippen molar-refractivity contribution in [1.29, 1.82) is 0 Å². The second kappa shape index (κ2) is 7.60. The molecule has 6 nitrogen and oxygen atoms in total. The molecule has 2 bridgehead atoms. The van der Waals surface area contributed by atoms with Crippen LogP contribution in [0.15, 0.2) is 66.9 Å². The van der Waals surface area contributed by atoms with Crippen molar-refractivity contribution in [1.82, 2.24) is 19.7 Å². The highest BCUT2D eigenvalue weighted by Gasteiger charge is 2.42. The molecule has 0 saturated carbocycles. The lowest BCUT2D eigenvalue weighted by Gasteiger charge is -2.32. The van der Waals surface area contributed by atoms with E-state index >= 15 is 0 Å². The zero-order valence-corrected chi connectivity index (χ0v) is 17.9. The first kappa shape index (κ1) is 19.3. The molecule has 2 fully saturated rings. The van der Waals surface area contributed by atoms with Crippen molar-refractivity contribution in [2.45, 2.75) is 25.0 Å². The van der Waals surface area contributed by atoms with Crippen LogP contribution >= 0.6 is 0 Å². The number of halogens is 1. The van der Waals surface area contributed by atoms with Crippen LogP contribution in [0.25, 0.3) is 16.6 Å². The first-order chi connectivity index (χ1) is 15.7. The topological polar surface area (TPSA) is 49.2 Å². The number of pyridine rings is 1. The molecule has 0 spiro atoms. The van der Waals surface area contributed by atoms with Crippen LogP contribution in [-0.4, -0.2) is 51.9 Å². The van der Waals surface area contributed by atoms with Gasteiger partial charge in [0.1, 0.15) is 11.6 Å². The van der Waals surface area contributed by atoms with Crippen molar-refractivity contribution in [2.24, 2.45) is 0 Å². The Kier molecular flexibility index (Phi) is 4.57. The lowest BCUT2D eigenvalue weighted by molar-refractivity contribution is 0.292. The number of hydrogen-bond acceptors (Lipinski definition) is 5. The summed E-state index contributed by atoms with van der Waals surface area (Å²) in [6.45, 7) is 2.48. The summed E-state index contributed by atoms with van der Waals surface area (Å²) >= 11 is 0. The van der Waals surface area contributed by atoms with Gasteiger partial charge in [0, 0.05) is 54.9 Å². The molecular weight excluding hydrogens is 403 g/mol. The van der Waals surface area contributed by atoms with E-state index in [1.54, 1.807) is 18.3 Å². The summed E-state index contributed by atoms with van der Waals surface area (Å²) in [4.78, 5) is 9.35. The smallest absolute Gasteiger partial charge is 0.159 e. The van der Waals surface area contributed by atoms with Gasteiger partial charge in [-0.05, 0) is 37.7 Å². The Morgan fingerprint density at radius 2 is 1.88 bits per heavy atom. The third kappa shape index (κ3) is 3.20. The van der Waals surface area contributed by atoms with Gasteiger partial charge in [0.2, 0.25) is 0 Å². The maximum atomic E-state index is 14.0. The predicted molar refractivity (Wildman–Crippen MR) is 125 cm³/mol. The molecule has 2 aliphatic rings. The van der Waals surface area contributed by atoms with Crippen molar-refractivity contribution < 1.29 is 4.39 Å². The largest absolute Gasteiger partial charge is 0.366 e. The fourth-order valence-electron chi connectivity index (χ4n) is 5.06. The molecule has 162 valence electrons. The van der Waals surface area contributed by atoms with E-state index in [0.717, 1.165) is 30.1 Å². The number of hydrogen-bond donors (Lipinski definition) is 1. The molecule has 2 atom stereocenters. The minimum absolute atomic E-state index is 0.218. The number of likely N-dealkylation sites (tertiary alicyclic amines) is 1. The Balaban J connectivity index is 1.33. The lowest BCUT2D eigenvalue weighted by atomic mass is 10.2.